The minimum absolute atomic E-state index is 0.368. The van der Waals surface area contributed by atoms with E-state index in [0.29, 0.717) is 30.3 Å². The van der Waals surface area contributed by atoms with E-state index >= 15 is 0 Å². The second-order valence-electron chi connectivity index (χ2n) is 4.64. The van der Waals surface area contributed by atoms with Gasteiger partial charge < -0.3 is 9.47 Å². The number of carbonyl (C=O) groups excluding carboxylic acids is 2. The lowest BCUT2D eigenvalue weighted by atomic mass is 10.2. The van der Waals surface area contributed by atoms with Crippen molar-refractivity contribution < 1.29 is 19.1 Å². The van der Waals surface area contributed by atoms with Crippen LogP contribution in [0.25, 0.3) is 0 Å². The van der Waals surface area contributed by atoms with Crippen LogP contribution < -0.4 is 15.0 Å². The lowest BCUT2D eigenvalue weighted by molar-refractivity contribution is 0.181. The summed E-state index contributed by atoms with van der Waals surface area (Å²) in [7, 11) is 0. The molecule has 0 atom stereocenters. The fourth-order valence-electron chi connectivity index (χ4n) is 2.12. The first-order valence-electron chi connectivity index (χ1n) is 6.80. The predicted octanol–water partition coefficient (Wildman–Crippen LogP) is 3.25. The molecule has 0 unspecified atom stereocenters. The molecule has 1 aliphatic heterocycles. The van der Waals surface area contributed by atoms with E-state index < -0.39 is 6.09 Å². The van der Waals surface area contributed by atoms with Gasteiger partial charge in [-0.05, 0) is 30.3 Å². The molecule has 0 bridgehead atoms. The summed E-state index contributed by atoms with van der Waals surface area (Å²) in [6, 6.07) is 15.7. The van der Waals surface area contributed by atoms with Gasteiger partial charge >= 0.3 is 12.2 Å². The smallest absolute Gasteiger partial charge is 0.417 e. The average Bonchev–Trinajstić information content (AvgIpc) is 2.94. The van der Waals surface area contributed by atoms with Crippen LogP contribution in [-0.2, 0) is 4.74 Å². The molecule has 6 heteroatoms. The van der Waals surface area contributed by atoms with Crippen molar-refractivity contribution >= 4 is 23.6 Å². The Morgan fingerprint density at radius 3 is 2.68 bits per heavy atom. The summed E-state index contributed by atoms with van der Waals surface area (Å²) in [5, 5.41) is 2.63. The molecule has 0 saturated carbocycles. The molecule has 0 radical (unpaired) electrons. The fraction of sp³-hybridized carbons (Fsp3) is 0.125. The Kier molecular flexibility index (Phi) is 3.91. The highest BCUT2D eigenvalue weighted by Crippen LogP contribution is 2.22. The van der Waals surface area contributed by atoms with Gasteiger partial charge in [-0.15, -0.1) is 0 Å². The molecule has 112 valence electrons. The van der Waals surface area contributed by atoms with Crippen LogP contribution in [0.3, 0.4) is 0 Å². The van der Waals surface area contributed by atoms with Crippen molar-refractivity contribution in [2.24, 2.45) is 0 Å². The fourth-order valence-corrected chi connectivity index (χ4v) is 2.12. The Morgan fingerprint density at radius 2 is 1.95 bits per heavy atom. The van der Waals surface area contributed by atoms with Crippen LogP contribution in [-0.4, -0.2) is 25.3 Å². The molecule has 6 nitrogen and oxygen atoms in total. The zero-order valence-electron chi connectivity index (χ0n) is 11.7. The van der Waals surface area contributed by atoms with Crippen LogP contribution >= 0.6 is 0 Å². The first-order chi connectivity index (χ1) is 10.7. The third-order valence-electron chi connectivity index (χ3n) is 3.12. The lowest BCUT2D eigenvalue weighted by Gasteiger charge is -2.14. The lowest BCUT2D eigenvalue weighted by Crippen LogP contribution is -2.23. The minimum atomic E-state index is -0.590. The van der Waals surface area contributed by atoms with Crippen molar-refractivity contribution in [3.05, 3.63) is 54.6 Å². The molecule has 3 rings (SSSR count). The summed E-state index contributed by atoms with van der Waals surface area (Å²) in [6.45, 7) is 0.864. The summed E-state index contributed by atoms with van der Waals surface area (Å²) < 4.78 is 10.0. The van der Waals surface area contributed by atoms with Crippen molar-refractivity contribution in [2.75, 3.05) is 23.4 Å². The summed E-state index contributed by atoms with van der Waals surface area (Å²) in [5.41, 5.74) is 1.21. The topological polar surface area (TPSA) is 67.9 Å². The summed E-state index contributed by atoms with van der Waals surface area (Å²) in [6.07, 6.45) is -0.976. The molecule has 1 heterocycles. The van der Waals surface area contributed by atoms with Crippen LogP contribution in [0.4, 0.5) is 21.0 Å². The molecular formula is C16H14N2O4. The second-order valence-corrected chi connectivity index (χ2v) is 4.64. The molecule has 1 aliphatic rings. The standard InChI is InChI=1S/C16H14N2O4/c19-15(22-14-7-2-1-3-8-14)17-12-5-4-6-13(11-12)18-9-10-21-16(18)20/h1-8,11H,9-10H2,(H,17,19). The molecule has 22 heavy (non-hydrogen) atoms. The maximum absolute atomic E-state index is 11.8. The number of benzene rings is 2. The highest BCUT2D eigenvalue weighted by Gasteiger charge is 2.23. The zero-order valence-corrected chi connectivity index (χ0v) is 11.7. The molecule has 0 aliphatic carbocycles. The maximum Gasteiger partial charge on any atom is 0.417 e. The highest BCUT2D eigenvalue weighted by atomic mass is 16.6. The van der Waals surface area contributed by atoms with Crippen LogP contribution in [0, 0.1) is 0 Å². The first kappa shape index (κ1) is 13.9. The van der Waals surface area contributed by atoms with E-state index in [2.05, 4.69) is 5.32 Å². The molecule has 0 aromatic heterocycles. The van der Waals surface area contributed by atoms with E-state index in [0.717, 1.165) is 0 Å². The number of cyclic esters (lactones) is 1. The molecule has 1 N–H and O–H groups in total. The normalized spacial score (nSPS) is 13.6. The molecule has 0 spiro atoms. The van der Waals surface area contributed by atoms with Crippen LogP contribution in [0.5, 0.6) is 5.75 Å². The number of ether oxygens (including phenoxy) is 2. The largest absolute Gasteiger partial charge is 0.447 e. The second kappa shape index (κ2) is 6.17. The van der Waals surface area contributed by atoms with Gasteiger partial charge in [-0.1, -0.05) is 24.3 Å². The van der Waals surface area contributed by atoms with Gasteiger partial charge in [-0.3, -0.25) is 10.2 Å². The van der Waals surface area contributed by atoms with Crippen molar-refractivity contribution in [2.45, 2.75) is 0 Å². The van der Waals surface area contributed by atoms with Crippen molar-refractivity contribution in [3.8, 4) is 5.75 Å². The molecule has 2 aromatic carbocycles. The van der Waals surface area contributed by atoms with Gasteiger partial charge in [0.05, 0.1) is 6.54 Å². The first-order valence-corrected chi connectivity index (χ1v) is 6.80. The molecular weight excluding hydrogens is 284 g/mol. The minimum Gasteiger partial charge on any atom is -0.447 e. The van der Waals surface area contributed by atoms with Crippen molar-refractivity contribution in [1.82, 2.24) is 0 Å². The van der Waals surface area contributed by atoms with Gasteiger partial charge in [-0.25, -0.2) is 9.59 Å². The van der Waals surface area contributed by atoms with E-state index in [1.807, 2.05) is 6.07 Å². The van der Waals surface area contributed by atoms with Crippen LogP contribution in [0.15, 0.2) is 54.6 Å². The van der Waals surface area contributed by atoms with Gasteiger partial charge in [-0.2, -0.15) is 0 Å². The van der Waals surface area contributed by atoms with Gasteiger partial charge in [0.1, 0.15) is 12.4 Å². The molecule has 1 fully saturated rings. The number of nitrogens with zero attached hydrogens (tertiary/aromatic N) is 1. The molecule has 2 amide bonds. The van der Waals surface area contributed by atoms with E-state index in [4.69, 9.17) is 9.47 Å². The third kappa shape index (κ3) is 3.17. The Bertz CT molecular complexity index is 688. The van der Waals surface area contributed by atoms with E-state index in [1.165, 1.54) is 4.90 Å². The number of anilines is 2. The number of amides is 2. The number of hydrogen-bond donors (Lipinski definition) is 1. The Hall–Kier alpha value is -3.02. The Balaban J connectivity index is 1.67. The number of rotatable bonds is 3. The average molecular weight is 298 g/mol. The van der Waals surface area contributed by atoms with Crippen LogP contribution in [0.2, 0.25) is 0 Å². The van der Waals surface area contributed by atoms with Gasteiger partial charge in [0.15, 0.2) is 0 Å². The summed E-state index contributed by atoms with van der Waals surface area (Å²) in [5.74, 6) is 0.458. The molecule has 1 saturated heterocycles. The zero-order chi connectivity index (χ0) is 15.4. The SMILES string of the molecule is O=C(Nc1cccc(N2CCOC2=O)c1)Oc1ccccc1. The Morgan fingerprint density at radius 1 is 1.14 bits per heavy atom. The number of nitrogens with one attached hydrogen (secondary N) is 1. The highest BCUT2D eigenvalue weighted by molar-refractivity contribution is 5.92. The number of para-hydroxylation sites is 1. The van der Waals surface area contributed by atoms with Gasteiger partial charge in [0.25, 0.3) is 0 Å². The third-order valence-corrected chi connectivity index (χ3v) is 3.12. The number of hydrogen-bond acceptors (Lipinski definition) is 4. The maximum atomic E-state index is 11.8. The number of carbonyl (C=O) groups is 2. The van der Waals surface area contributed by atoms with Crippen molar-refractivity contribution in [1.29, 1.82) is 0 Å². The monoisotopic (exact) mass is 298 g/mol. The predicted molar refractivity (Wildman–Crippen MR) is 81.2 cm³/mol. The summed E-state index contributed by atoms with van der Waals surface area (Å²) >= 11 is 0. The van der Waals surface area contributed by atoms with Gasteiger partial charge in [0.2, 0.25) is 0 Å². The molecule has 2 aromatic rings. The quantitative estimate of drug-likeness (QED) is 0.944. The Labute approximate surface area is 127 Å². The van der Waals surface area contributed by atoms with Crippen molar-refractivity contribution in [3.63, 3.8) is 0 Å². The summed E-state index contributed by atoms with van der Waals surface area (Å²) in [4.78, 5) is 24.9. The van der Waals surface area contributed by atoms with Gasteiger partial charge in [0, 0.05) is 11.4 Å². The van der Waals surface area contributed by atoms with E-state index in [1.54, 1.807) is 48.5 Å². The van der Waals surface area contributed by atoms with Crippen LogP contribution in [0.1, 0.15) is 0 Å². The van der Waals surface area contributed by atoms with E-state index in [9.17, 15) is 9.59 Å². The van der Waals surface area contributed by atoms with E-state index in [-0.39, 0.29) is 6.09 Å².